The number of rotatable bonds is 6. The fourth-order valence-electron chi connectivity index (χ4n) is 3.25. The number of piperidine rings is 1. The zero-order valence-electron chi connectivity index (χ0n) is 14.6. The maximum absolute atomic E-state index is 12.0. The first-order chi connectivity index (χ1) is 11.1. The van der Waals surface area contributed by atoms with Gasteiger partial charge in [0.15, 0.2) is 0 Å². The lowest BCUT2D eigenvalue weighted by Gasteiger charge is -2.32. The summed E-state index contributed by atoms with van der Waals surface area (Å²) in [5.74, 6) is 1.60. The van der Waals surface area contributed by atoms with Crippen LogP contribution in [-0.2, 0) is 16.1 Å². The fourth-order valence-corrected chi connectivity index (χ4v) is 3.25. The minimum absolute atomic E-state index is 0.0194. The van der Waals surface area contributed by atoms with E-state index in [2.05, 4.69) is 4.90 Å². The van der Waals surface area contributed by atoms with Gasteiger partial charge in [0.2, 0.25) is 0 Å². The first-order valence-electron chi connectivity index (χ1n) is 8.20. The molecule has 5 heteroatoms. The second-order valence-corrected chi connectivity index (χ2v) is 5.91. The molecule has 23 heavy (non-hydrogen) atoms. The van der Waals surface area contributed by atoms with Gasteiger partial charge in [0.25, 0.3) is 0 Å². The summed E-state index contributed by atoms with van der Waals surface area (Å²) in [5.41, 5.74) is 2.13. The molecule has 0 bridgehead atoms. The Kier molecular flexibility index (Phi) is 6.28. The average molecular weight is 321 g/mol. The fraction of sp³-hybridized carbons (Fsp3) is 0.611. The summed E-state index contributed by atoms with van der Waals surface area (Å²) in [6.07, 6.45) is 1.93. The van der Waals surface area contributed by atoms with E-state index in [1.165, 1.54) is 0 Å². The highest BCUT2D eigenvalue weighted by atomic mass is 16.5. The molecule has 0 aliphatic carbocycles. The third-order valence-electron chi connectivity index (χ3n) is 4.38. The van der Waals surface area contributed by atoms with Gasteiger partial charge in [-0.2, -0.15) is 0 Å². The van der Waals surface area contributed by atoms with E-state index in [0.29, 0.717) is 6.61 Å². The molecule has 0 saturated carbocycles. The summed E-state index contributed by atoms with van der Waals surface area (Å²) in [6, 6.07) is 4.01. The topological polar surface area (TPSA) is 48.0 Å². The summed E-state index contributed by atoms with van der Waals surface area (Å²) < 4.78 is 16.1. The van der Waals surface area contributed by atoms with Crippen molar-refractivity contribution in [2.75, 3.05) is 33.9 Å². The van der Waals surface area contributed by atoms with Gasteiger partial charge in [-0.1, -0.05) is 6.07 Å². The Morgan fingerprint density at radius 1 is 1.30 bits per heavy atom. The van der Waals surface area contributed by atoms with Gasteiger partial charge in [-0.05, 0) is 39.3 Å². The molecule has 5 nitrogen and oxygen atoms in total. The third-order valence-corrected chi connectivity index (χ3v) is 4.38. The molecule has 1 fully saturated rings. The van der Waals surface area contributed by atoms with Crippen molar-refractivity contribution in [3.63, 3.8) is 0 Å². The number of carbonyl (C=O) groups is 1. The van der Waals surface area contributed by atoms with Crippen LogP contribution in [0.4, 0.5) is 0 Å². The van der Waals surface area contributed by atoms with Crippen LogP contribution < -0.4 is 9.47 Å². The van der Waals surface area contributed by atoms with Crippen molar-refractivity contribution in [2.24, 2.45) is 5.92 Å². The largest absolute Gasteiger partial charge is 0.496 e. The average Bonchev–Trinajstić information content (AvgIpc) is 2.56. The van der Waals surface area contributed by atoms with Gasteiger partial charge >= 0.3 is 5.97 Å². The first kappa shape index (κ1) is 17.6. The van der Waals surface area contributed by atoms with Gasteiger partial charge in [0, 0.05) is 24.2 Å². The maximum Gasteiger partial charge on any atom is 0.310 e. The quantitative estimate of drug-likeness (QED) is 0.754. The van der Waals surface area contributed by atoms with Gasteiger partial charge < -0.3 is 14.2 Å². The van der Waals surface area contributed by atoms with E-state index in [4.69, 9.17) is 14.2 Å². The summed E-state index contributed by atoms with van der Waals surface area (Å²) in [4.78, 5) is 14.3. The van der Waals surface area contributed by atoms with Crippen LogP contribution in [0, 0.1) is 12.8 Å². The smallest absolute Gasteiger partial charge is 0.310 e. The predicted molar refractivity (Wildman–Crippen MR) is 88.9 cm³/mol. The maximum atomic E-state index is 12.0. The minimum Gasteiger partial charge on any atom is -0.496 e. The number of likely N-dealkylation sites (tertiary alicyclic amines) is 1. The van der Waals surface area contributed by atoms with Crippen molar-refractivity contribution in [1.29, 1.82) is 0 Å². The Balaban J connectivity index is 2.09. The molecule has 0 amide bonds. The predicted octanol–water partition coefficient (Wildman–Crippen LogP) is 2.79. The lowest BCUT2D eigenvalue weighted by Crippen LogP contribution is -2.39. The lowest BCUT2D eigenvalue weighted by molar-refractivity contribution is -0.150. The Hall–Kier alpha value is -1.75. The molecule has 1 aromatic carbocycles. The van der Waals surface area contributed by atoms with E-state index in [0.717, 1.165) is 55.1 Å². The molecule has 128 valence electrons. The molecular weight excluding hydrogens is 294 g/mol. The van der Waals surface area contributed by atoms with Crippen LogP contribution >= 0.6 is 0 Å². The van der Waals surface area contributed by atoms with E-state index >= 15 is 0 Å². The van der Waals surface area contributed by atoms with Gasteiger partial charge in [-0.25, -0.2) is 0 Å². The number of carbonyl (C=O) groups excluding carboxylic acids is 1. The molecule has 0 unspecified atom stereocenters. The number of hydrogen-bond acceptors (Lipinski definition) is 5. The number of esters is 1. The first-order valence-corrected chi connectivity index (χ1v) is 8.20. The van der Waals surface area contributed by atoms with Crippen LogP contribution in [0.2, 0.25) is 0 Å². The SMILES string of the molecule is CCOC(=O)[C@H]1CCCN(Cc2ccc(OC)c(C)c2OC)C1. The zero-order chi connectivity index (χ0) is 16.8. The van der Waals surface area contributed by atoms with Crippen molar-refractivity contribution in [1.82, 2.24) is 4.90 Å². The van der Waals surface area contributed by atoms with Gasteiger partial charge in [0.1, 0.15) is 11.5 Å². The number of nitrogens with zero attached hydrogens (tertiary/aromatic N) is 1. The highest BCUT2D eigenvalue weighted by molar-refractivity contribution is 5.72. The molecule has 0 N–H and O–H groups in total. The van der Waals surface area contributed by atoms with Crippen LogP contribution in [0.5, 0.6) is 11.5 Å². The second kappa shape index (κ2) is 8.20. The molecule has 1 atom stereocenters. The zero-order valence-corrected chi connectivity index (χ0v) is 14.6. The van der Waals surface area contributed by atoms with E-state index in [1.807, 2.05) is 26.0 Å². The van der Waals surface area contributed by atoms with E-state index in [9.17, 15) is 4.79 Å². The summed E-state index contributed by atoms with van der Waals surface area (Å²) in [5, 5.41) is 0. The molecule has 2 rings (SSSR count). The van der Waals surface area contributed by atoms with Crippen LogP contribution in [-0.4, -0.2) is 44.8 Å². The highest BCUT2D eigenvalue weighted by Gasteiger charge is 2.27. The van der Waals surface area contributed by atoms with Gasteiger partial charge in [-0.3, -0.25) is 9.69 Å². The molecule has 0 radical (unpaired) electrons. The van der Waals surface area contributed by atoms with Crippen LogP contribution in [0.15, 0.2) is 12.1 Å². The van der Waals surface area contributed by atoms with Crippen LogP contribution in [0.1, 0.15) is 30.9 Å². The molecule has 1 aromatic rings. The molecule has 1 heterocycles. The summed E-state index contributed by atoms with van der Waals surface area (Å²) >= 11 is 0. The summed E-state index contributed by atoms with van der Waals surface area (Å²) in [7, 11) is 3.35. The van der Waals surface area contributed by atoms with Gasteiger partial charge in [-0.15, -0.1) is 0 Å². The standard InChI is InChI=1S/C18H27NO4/c1-5-23-18(20)15-7-6-10-19(12-15)11-14-8-9-16(21-3)13(2)17(14)22-4/h8-9,15H,5-7,10-12H2,1-4H3/t15-/m0/s1. The van der Waals surface area contributed by atoms with Crippen LogP contribution in [0.25, 0.3) is 0 Å². The summed E-state index contributed by atoms with van der Waals surface area (Å²) in [6.45, 7) is 6.80. The van der Waals surface area contributed by atoms with Crippen molar-refractivity contribution >= 4 is 5.97 Å². The Labute approximate surface area is 138 Å². The third kappa shape index (κ3) is 4.16. The highest BCUT2D eigenvalue weighted by Crippen LogP contribution is 2.32. The Morgan fingerprint density at radius 2 is 2.09 bits per heavy atom. The van der Waals surface area contributed by atoms with Crippen molar-refractivity contribution in [3.8, 4) is 11.5 Å². The number of benzene rings is 1. The number of hydrogen-bond donors (Lipinski definition) is 0. The van der Waals surface area contributed by atoms with Crippen LogP contribution in [0.3, 0.4) is 0 Å². The molecule has 1 aliphatic rings. The molecule has 1 saturated heterocycles. The number of ether oxygens (including phenoxy) is 3. The normalized spacial score (nSPS) is 18.5. The Morgan fingerprint density at radius 3 is 2.74 bits per heavy atom. The van der Waals surface area contributed by atoms with E-state index < -0.39 is 0 Å². The van der Waals surface area contributed by atoms with Gasteiger partial charge in [0.05, 0.1) is 26.7 Å². The molecular formula is C18H27NO4. The molecule has 0 spiro atoms. The van der Waals surface area contributed by atoms with Crippen molar-refractivity contribution in [3.05, 3.63) is 23.3 Å². The van der Waals surface area contributed by atoms with E-state index in [1.54, 1.807) is 14.2 Å². The van der Waals surface area contributed by atoms with Crippen molar-refractivity contribution < 1.29 is 19.0 Å². The minimum atomic E-state index is -0.0740. The Bertz CT molecular complexity index is 544. The molecule has 0 aromatic heterocycles. The van der Waals surface area contributed by atoms with Crippen molar-refractivity contribution in [2.45, 2.75) is 33.2 Å². The lowest BCUT2D eigenvalue weighted by atomic mass is 9.97. The number of methoxy groups -OCH3 is 2. The second-order valence-electron chi connectivity index (χ2n) is 5.91. The monoisotopic (exact) mass is 321 g/mol. The molecule has 1 aliphatic heterocycles. The van der Waals surface area contributed by atoms with E-state index in [-0.39, 0.29) is 11.9 Å².